The molecule has 0 aliphatic heterocycles. The molecule has 0 heterocycles. The predicted octanol–water partition coefficient (Wildman–Crippen LogP) is 2.71. The van der Waals surface area contributed by atoms with Crippen molar-refractivity contribution in [1.29, 1.82) is 5.26 Å². The van der Waals surface area contributed by atoms with E-state index >= 15 is 0 Å². The van der Waals surface area contributed by atoms with Crippen LogP contribution in [0.5, 0.6) is 0 Å². The van der Waals surface area contributed by atoms with E-state index in [-0.39, 0.29) is 0 Å². The molecule has 0 aromatic heterocycles. The molecule has 0 saturated carbocycles. The third kappa shape index (κ3) is 3.55. The van der Waals surface area contributed by atoms with Crippen LogP contribution >= 0.6 is 11.8 Å². The van der Waals surface area contributed by atoms with Crippen LogP contribution in [-0.2, 0) is 0 Å². The molecule has 0 aliphatic carbocycles. The average molecular weight is 204 g/mol. The zero-order valence-electron chi connectivity index (χ0n) is 8.27. The largest absolute Gasteiger partial charge is 0.382 e. The Hall–Kier alpha value is -1.40. The summed E-state index contributed by atoms with van der Waals surface area (Å²) in [5.41, 5.74) is 0. The highest BCUT2D eigenvalue weighted by Crippen LogP contribution is 2.25. The Morgan fingerprint density at radius 1 is 1.36 bits per heavy atom. The lowest BCUT2D eigenvalue weighted by molar-refractivity contribution is 0.563. The summed E-state index contributed by atoms with van der Waals surface area (Å²) in [5, 5.41) is 8.87. The number of hydrogen-bond donors (Lipinski definition) is 0. The summed E-state index contributed by atoms with van der Waals surface area (Å²) in [6, 6.07) is 12.0. The van der Waals surface area contributed by atoms with E-state index in [0.29, 0.717) is 4.91 Å². The van der Waals surface area contributed by atoms with Gasteiger partial charge in [-0.2, -0.15) is 5.26 Å². The third-order valence-corrected chi connectivity index (χ3v) is 2.38. The van der Waals surface area contributed by atoms with Gasteiger partial charge in [-0.25, -0.2) is 0 Å². The quantitative estimate of drug-likeness (QED) is 0.559. The predicted molar refractivity (Wildman–Crippen MR) is 59.7 cm³/mol. The van der Waals surface area contributed by atoms with Gasteiger partial charge in [-0.1, -0.05) is 30.0 Å². The lowest BCUT2D eigenvalue weighted by Gasteiger charge is -2.05. The number of benzene rings is 1. The van der Waals surface area contributed by atoms with E-state index in [2.05, 4.69) is 6.07 Å². The van der Waals surface area contributed by atoms with Crippen LogP contribution in [0.15, 0.2) is 46.3 Å². The first kappa shape index (κ1) is 10.7. The maximum Gasteiger partial charge on any atom is 0.108 e. The molecule has 0 unspecified atom stereocenters. The van der Waals surface area contributed by atoms with Crippen molar-refractivity contribution in [3.8, 4) is 6.07 Å². The Kier molecular flexibility index (Phi) is 4.09. The average Bonchev–Trinajstić information content (AvgIpc) is 2.17. The van der Waals surface area contributed by atoms with E-state index in [0.717, 1.165) is 4.90 Å². The molecule has 2 nitrogen and oxygen atoms in total. The smallest absolute Gasteiger partial charge is 0.108 e. The normalized spacial score (nSPS) is 10.8. The lowest BCUT2D eigenvalue weighted by atomic mass is 10.4. The minimum absolute atomic E-state index is 0.696. The summed E-state index contributed by atoms with van der Waals surface area (Å²) in [5.74, 6) is 0. The molecule has 0 bridgehead atoms. The summed E-state index contributed by atoms with van der Waals surface area (Å²) in [7, 11) is 3.81. The zero-order chi connectivity index (χ0) is 10.4. The molecule has 14 heavy (non-hydrogen) atoms. The highest BCUT2D eigenvalue weighted by molar-refractivity contribution is 8.03. The third-order valence-electron chi connectivity index (χ3n) is 1.46. The molecule has 1 rings (SSSR count). The monoisotopic (exact) mass is 204 g/mol. The first-order valence-electron chi connectivity index (χ1n) is 4.23. The molecule has 0 saturated heterocycles. The van der Waals surface area contributed by atoms with Crippen molar-refractivity contribution in [2.45, 2.75) is 4.90 Å². The number of thioether (sulfide) groups is 1. The molecule has 0 radical (unpaired) electrons. The number of rotatable bonds is 3. The van der Waals surface area contributed by atoms with Gasteiger partial charge in [-0.15, -0.1) is 0 Å². The van der Waals surface area contributed by atoms with Crippen LogP contribution in [0.1, 0.15) is 0 Å². The second kappa shape index (κ2) is 5.36. The van der Waals surface area contributed by atoms with E-state index in [4.69, 9.17) is 5.26 Å². The van der Waals surface area contributed by atoms with E-state index in [9.17, 15) is 0 Å². The lowest BCUT2D eigenvalue weighted by Crippen LogP contribution is -2.01. The van der Waals surface area contributed by atoms with Gasteiger partial charge in [-0.05, 0) is 12.1 Å². The molecule has 3 heteroatoms. The van der Waals surface area contributed by atoms with Gasteiger partial charge in [0.15, 0.2) is 0 Å². The van der Waals surface area contributed by atoms with Gasteiger partial charge in [0.1, 0.15) is 11.0 Å². The van der Waals surface area contributed by atoms with Crippen LogP contribution in [0.4, 0.5) is 0 Å². The topological polar surface area (TPSA) is 27.0 Å². The van der Waals surface area contributed by atoms with Gasteiger partial charge in [0, 0.05) is 25.2 Å². The van der Waals surface area contributed by atoms with Crippen LogP contribution in [0.3, 0.4) is 0 Å². The van der Waals surface area contributed by atoms with Crippen LogP contribution in [0.25, 0.3) is 0 Å². The first-order chi connectivity index (χ1) is 6.72. The standard InChI is InChI=1S/C11H12N2S/c1-13(2)9-11(8-12)14-10-6-4-3-5-7-10/h3-7,9H,1-2H3/b11-9+. The van der Waals surface area contributed by atoms with Crippen molar-refractivity contribution in [2.24, 2.45) is 0 Å². The maximum atomic E-state index is 8.87. The van der Waals surface area contributed by atoms with Crippen LogP contribution in [0, 0.1) is 11.3 Å². The van der Waals surface area contributed by atoms with Crippen LogP contribution < -0.4 is 0 Å². The van der Waals surface area contributed by atoms with E-state index in [1.165, 1.54) is 11.8 Å². The Bertz CT molecular complexity index is 349. The van der Waals surface area contributed by atoms with Crippen molar-refractivity contribution in [3.63, 3.8) is 0 Å². The zero-order valence-corrected chi connectivity index (χ0v) is 9.08. The second-order valence-corrected chi connectivity index (χ2v) is 4.10. The minimum Gasteiger partial charge on any atom is -0.382 e. The molecule has 0 amide bonds. The van der Waals surface area contributed by atoms with Crippen LogP contribution in [-0.4, -0.2) is 19.0 Å². The summed E-state index contributed by atoms with van der Waals surface area (Å²) in [4.78, 5) is 3.65. The first-order valence-corrected chi connectivity index (χ1v) is 5.05. The molecule has 1 aromatic carbocycles. The molecule has 1 aromatic rings. The SMILES string of the molecule is CN(C)/C=C(\C#N)Sc1ccccc1. The summed E-state index contributed by atoms with van der Waals surface area (Å²) in [6.45, 7) is 0. The second-order valence-electron chi connectivity index (χ2n) is 2.98. The van der Waals surface area contributed by atoms with Crippen molar-refractivity contribution in [1.82, 2.24) is 4.90 Å². The van der Waals surface area contributed by atoms with Gasteiger partial charge in [0.25, 0.3) is 0 Å². The summed E-state index contributed by atoms with van der Waals surface area (Å²) in [6.07, 6.45) is 1.82. The Balaban J connectivity index is 2.73. The fourth-order valence-corrected chi connectivity index (χ4v) is 1.78. The number of allylic oxidation sites excluding steroid dienone is 1. The summed E-state index contributed by atoms with van der Waals surface area (Å²) >= 11 is 1.48. The fraction of sp³-hybridized carbons (Fsp3) is 0.182. The van der Waals surface area contributed by atoms with Crippen molar-refractivity contribution < 1.29 is 0 Å². The fourth-order valence-electron chi connectivity index (χ4n) is 0.928. The van der Waals surface area contributed by atoms with Gasteiger partial charge in [0.2, 0.25) is 0 Å². The molecule has 0 spiro atoms. The van der Waals surface area contributed by atoms with Crippen LogP contribution in [0.2, 0.25) is 0 Å². The Labute approximate surface area is 88.8 Å². The molecule has 0 atom stereocenters. The van der Waals surface area contributed by atoms with Crippen molar-refractivity contribution >= 4 is 11.8 Å². The van der Waals surface area contributed by atoms with Crippen molar-refractivity contribution in [2.75, 3.05) is 14.1 Å². The molecular formula is C11H12N2S. The minimum atomic E-state index is 0.696. The Morgan fingerprint density at radius 3 is 2.50 bits per heavy atom. The number of nitriles is 1. The maximum absolute atomic E-state index is 8.87. The van der Waals surface area contributed by atoms with E-state index in [1.54, 1.807) is 0 Å². The van der Waals surface area contributed by atoms with Gasteiger partial charge in [0.05, 0.1) is 0 Å². The van der Waals surface area contributed by atoms with Gasteiger partial charge >= 0.3 is 0 Å². The summed E-state index contributed by atoms with van der Waals surface area (Å²) < 4.78 is 0. The number of nitrogens with zero attached hydrogens (tertiary/aromatic N) is 2. The highest BCUT2D eigenvalue weighted by Gasteiger charge is 1.98. The molecule has 0 fully saturated rings. The molecule has 0 aliphatic rings. The number of hydrogen-bond acceptors (Lipinski definition) is 3. The van der Waals surface area contributed by atoms with E-state index < -0.39 is 0 Å². The molecule has 0 N–H and O–H groups in total. The van der Waals surface area contributed by atoms with E-state index in [1.807, 2.05) is 55.5 Å². The highest BCUT2D eigenvalue weighted by atomic mass is 32.2. The Morgan fingerprint density at radius 2 is 2.00 bits per heavy atom. The van der Waals surface area contributed by atoms with Crippen molar-refractivity contribution in [3.05, 3.63) is 41.4 Å². The van der Waals surface area contributed by atoms with Gasteiger partial charge < -0.3 is 4.90 Å². The van der Waals surface area contributed by atoms with Gasteiger partial charge in [-0.3, -0.25) is 0 Å². The molecule has 72 valence electrons. The molecular weight excluding hydrogens is 192 g/mol.